The van der Waals surface area contributed by atoms with Crippen LogP contribution in [0.2, 0.25) is 0 Å². The maximum absolute atomic E-state index is 11.6. The van der Waals surface area contributed by atoms with Gasteiger partial charge in [0.25, 0.3) is 0 Å². The number of esters is 1. The van der Waals surface area contributed by atoms with Gasteiger partial charge < -0.3 is 15.6 Å². The van der Waals surface area contributed by atoms with Crippen LogP contribution in [0.3, 0.4) is 0 Å². The second-order valence-electron chi connectivity index (χ2n) is 5.33. The van der Waals surface area contributed by atoms with Gasteiger partial charge in [0.15, 0.2) is 6.10 Å². The highest BCUT2D eigenvalue weighted by Gasteiger charge is 2.28. The van der Waals surface area contributed by atoms with E-state index in [1.807, 2.05) is 30.3 Å². The summed E-state index contributed by atoms with van der Waals surface area (Å²) in [4.78, 5) is 11.6. The van der Waals surface area contributed by atoms with Gasteiger partial charge in [0.05, 0.1) is 0 Å². The van der Waals surface area contributed by atoms with Crippen LogP contribution in [0.5, 0.6) is 0 Å². The SMILES string of the molecule is CC(C)(C)OC(=O)[C@@H](O)[C@@H](N)Cc1ccccc1. The molecule has 4 nitrogen and oxygen atoms in total. The molecule has 0 spiro atoms. The molecule has 0 aliphatic carbocycles. The van der Waals surface area contributed by atoms with E-state index in [0.717, 1.165) is 5.56 Å². The van der Waals surface area contributed by atoms with E-state index in [0.29, 0.717) is 6.42 Å². The fourth-order valence-corrected chi connectivity index (χ4v) is 1.53. The molecule has 0 saturated carbocycles. The van der Waals surface area contributed by atoms with Gasteiger partial charge in [-0.1, -0.05) is 30.3 Å². The van der Waals surface area contributed by atoms with E-state index in [2.05, 4.69) is 0 Å². The number of carbonyl (C=O) groups excluding carboxylic acids is 1. The van der Waals surface area contributed by atoms with Crippen molar-refractivity contribution >= 4 is 5.97 Å². The van der Waals surface area contributed by atoms with E-state index in [1.54, 1.807) is 20.8 Å². The fourth-order valence-electron chi connectivity index (χ4n) is 1.53. The number of aliphatic hydroxyl groups is 1. The number of carbonyl (C=O) groups is 1. The van der Waals surface area contributed by atoms with Crippen molar-refractivity contribution in [2.24, 2.45) is 5.73 Å². The highest BCUT2D eigenvalue weighted by molar-refractivity contribution is 5.75. The third-order valence-corrected chi connectivity index (χ3v) is 2.37. The lowest BCUT2D eigenvalue weighted by molar-refractivity contribution is -0.166. The average Bonchev–Trinajstić information content (AvgIpc) is 2.27. The highest BCUT2D eigenvalue weighted by atomic mass is 16.6. The largest absolute Gasteiger partial charge is 0.458 e. The van der Waals surface area contributed by atoms with E-state index in [-0.39, 0.29) is 0 Å². The van der Waals surface area contributed by atoms with Gasteiger partial charge in [-0.15, -0.1) is 0 Å². The van der Waals surface area contributed by atoms with Crippen molar-refractivity contribution < 1.29 is 14.6 Å². The molecule has 1 aromatic carbocycles. The second-order valence-corrected chi connectivity index (χ2v) is 5.33. The minimum absolute atomic E-state index is 0.432. The topological polar surface area (TPSA) is 72.5 Å². The predicted molar refractivity (Wildman–Crippen MR) is 70.0 cm³/mol. The van der Waals surface area contributed by atoms with Crippen molar-refractivity contribution in [3.63, 3.8) is 0 Å². The molecule has 18 heavy (non-hydrogen) atoms. The smallest absolute Gasteiger partial charge is 0.337 e. The van der Waals surface area contributed by atoms with Gasteiger partial charge in [-0.2, -0.15) is 0 Å². The molecule has 0 amide bonds. The normalized spacial score (nSPS) is 14.9. The molecule has 0 aliphatic rings. The maximum atomic E-state index is 11.6. The molecule has 0 aromatic heterocycles. The zero-order chi connectivity index (χ0) is 13.8. The van der Waals surface area contributed by atoms with E-state index < -0.39 is 23.7 Å². The first-order valence-electron chi connectivity index (χ1n) is 6.00. The van der Waals surface area contributed by atoms with Gasteiger partial charge >= 0.3 is 5.97 Å². The van der Waals surface area contributed by atoms with Gasteiger partial charge in [0.1, 0.15) is 5.60 Å². The third-order valence-electron chi connectivity index (χ3n) is 2.37. The summed E-state index contributed by atoms with van der Waals surface area (Å²) in [5, 5.41) is 9.81. The molecule has 4 heteroatoms. The van der Waals surface area contributed by atoms with Gasteiger partial charge in [-0.05, 0) is 32.8 Å². The van der Waals surface area contributed by atoms with Crippen LogP contribution < -0.4 is 5.73 Å². The summed E-state index contributed by atoms with van der Waals surface area (Å²) in [6.07, 6.45) is -0.870. The van der Waals surface area contributed by atoms with Crippen molar-refractivity contribution in [2.75, 3.05) is 0 Å². The summed E-state index contributed by atoms with van der Waals surface area (Å²) in [7, 11) is 0. The fraction of sp³-hybridized carbons (Fsp3) is 0.500. The van der Waals surface area contributed by atoms with Crippen LogP contribution in [0.4, 0.5) is 0 Å². The van der Waals surface area contributed by atoms with Crippen molar-refractivity contribution in [1.29, 1.82) is 0 Å². The number of rotatable bonds is 4. The van der Waals surface area contributed by atoms with Crippen LogP contribution in [0.1, 0.15) is 26.3 Å². The van der Waals surface area contributed by atoms with Crippen molar-refractivity contribution in [3.8, 4) is 0 Å². The van der Waals surface area contributed by atoms with E-state index >= 15 is 0 Å². The lowest BCUT2D eigenvalue weighted by Gasteiger charge is -2.24. The first kappa shape index (κ1) is 14.7. The molecule has 0 unspecified atom stereocenters. The van der Waals surface area contributed by atoms with Crippen LogP contribution in [0, 0.1) is 0 Å². The molecular formula is C14H21NO3. The summed E-state index contributed by atoms with van der Waals surface area (Å²) in [5.41, 5.74) is 6.18. The molecule has 0 bridgehead atoms. The van der Waals surface area contributed by atoms with Gasteiger partial charge in [-0.25, -0.2) is 4.79 Å². The Kier molecular flexibility index (Phi) is 4.87. The summed E-state index contributed by atoms with van der Waals surface area (Å²) >= 11 is 0. The lowest BCUT2D eigenvalue weighted by atomic mass is 10.0. The lowest BCUT2D eigenvalue weighted by Crippen LogP contribution is -2.45. The van der Waals surface area contributed by atoms with E-state index in [9.17, 15) is 9.90 Å². The van der Waals surface area contributed by atoms with Crippen molar-refractivity contribution in [2.45, 2.75) is 44.9 Å². The van der Waals surface area contributed by atoms with Crippen LogP contribution in [0.25, 0.3) is 0 Å². The Morgan fingerprint density at radius 2 is 1.89 bits per heavy atom. The Morgan fingerprint density at radius 1 is 1.33 bits per heavy atom. The standard InChI is InChI=1S/C14H21NO3/c1-14(2,3)18-13(17)12(16)11(15)9-10-7-5-4-6-8-10/h4-8,11-12,16H,9,15H2,1-3H3/t11-,12-/m0/s1. The van der Waals surface area contributed by atoms with Crippen LogP contribution in [-0.4, -0.2) is 28.8 Å². The predicted octanol–water partition coefficient (Wildman–Crippen LogP) is 1.26. The van der Waals surface area contributed by atoms with Gasteiger partial charge in [0, 0.05) is 6.04 Å². The summed E-state index contributed by atoms with van der Waals surface area (Å²) in [6, 6.07) is 8.83. The Morgan fingerprint density at radius 3 is 2.39 bits per heavy atom. The number of ether oxygens (including phenoxy) is 1. The number of nitrogens with two attached hydrogens (primary N) is 1. The molecule has 0 radical (unpaired) electrons. The summed E-state index contributed by atoms with van der Waals surface area (Å²) < 4.78 is 5.09. The molecular weight excluding hydrogens is 230 g/mol. The zero-order valence-corrected chi connectivity index (χ0v) is 11.1. The zero-order valence-electron chi connectivity index (χ0n) is 11.1. The minimum atomic E-state index is -1.30. The Bertz CT molecular complexity index is 384. The first-order chi connectivity index (χ1) is 8.29. The quantitative estimate of drug-likeness (QED) is 0.790. The van der Waals surface area contributed by atoms with Gasteiger partial charge in [-0.3, -0.25) is 0 Å². The Hall–Kier alpha value is -1.39. The number of aliphatic hydroxyl groups excluding tert-OH is 1. The Labute approximate surface area is 108 Å². The number of hydrogen-bond donors (Lipinski definition) is 2. The summed E-state index contributed by atoms with van der Waals surface area (Å²) in [5.74, 6) is -0.675. The molecule has 3 N–H and O–H groups in total. The van der Waals surface area contributed by atoms with Crippen LogP contribution >= 0.6 is 0 Å². The van der Waals surface area contributed by atoms with E-state index in [1.165, 1.54) is 0 Å². The molecule has 100 valence electrons. The highest BCUT2D eigenvalue weighted by Crippen LogP contribution is 2.11. The Balaban J connectivity index is 2.56. The molecule has 2 atom stereocenters. The molecule has 0 aliphatic heterocycles. The van der Waals surface area contributed by atoms with Crippen molar-refractivity contribution in [1.82, 2.24) is 0 Å². The number of hydrogen-bond acceptors (Lipinski definition) is 4. The third kappa shape index (κ3) is 4.85. The van der Waals surface area contributed by atoms with Crippen molar-refractivity contribution in [3.05, 3.63) is 35.9 Å². The average molecular weight is 251 g/mol. The molecule has 0 saturated heterocycles. The second kappa shape index (κ2) is 5.98. The molecule has 0 heterocycles. The van der Waals surface area contributed by atoms with Gasteiger partial charge in [0.2, 0.25) is 0 Å². The minimum Gasteiger partial charge on any atom is -0.458 e. The molecule has 0 fully saturated rings. The molecule has 1 rings (SSSR count). The number of benzene rings is 1. The monoisotopic (exact) mass is 251 g/mol. The van der Waals surface area contributed by atoms with Crippen LogP contribution in [0.15, 0.2) is 30.3 Å². The summed E-state index contributed by atoms with van der Waals surface area (Å²) in [6.45, 7) is 5.25. The maximum Gasteiger partial charge on any atom is 0.337 e. The first-order valence-corrected chi connectivity index (χ1v) is 6.00. The molecule has 1 aromatic rings. The van der Waals surface area contributed by atoms with E-state index in [4.69, 9.17) is 10.5 Å². The van der Waals surface area contributed by atoms with Crippen LogP contribution in [-0.2, 0) is 16.0 Å².